The zero-order chi connectivity index (χ0) is 14.8. The lowest BCUT2D eigenvalue weighted by Crippen LogP contribution is -2.44. The maximum Gasteiger partial charge on any atom is 0.244 e. The average molecular weight is 300 g/mol. The molecule has 1 amide bonds. The third-order valence-corrected chi connectivity index (χ3v) is 5.80. The Hall–Kier alpha value is -0.420. The van der Waals surface area contributed by atoms with Gasteiger partial charge in [0.05, 0.1) is 11.7 Å². The Morgan fingerprint density at radius 2 is 2.05 bits per heavy atom. The van der Waals surface area contributed by atoms with Gasteiger partial charge in [0.1, 0.15) is 0 Å². The first-order chi connectivity index (χ1) is 9.48. The fourth-order valence-electron chi connectivity index (χ4n) is 3.45. The molecule has 116 valence electrons. The minimum absolute atomic E-state index is 0.134. The summed E-state index contributed by atoms with van der Waals surface area (Å²) in [6.07, 6.45) is 5.33. The molecular weight excluding hydrogens is 272 g/mol. The molecule has 2 fully saturated rings. The van der Waals surface area contributed by atoms with Gasteiger partial charge in [0.2, 0.25) is 5.91 Å². The lowest BCUT2D eigenvalue weighted by molar-refractivity contribution is -0.133. The number of amides is 1. The van der Waals surface area contributed by atoms with Crippen LogP contribution in [0.2, 0.25) is 0 Å². The minimum atomic E-state index is -0.800. The maximum absolute atomic E-state index is 12.8. The van der Waals surface area contributed by atoms with Crippen molar-refractivity contribution in [2.45, 2.75) is 64.6 Å². The van der Waals surface area contributed by atoms with E-state index in [-0.39, 0.29) is 17.6 Å². The summed E-state index contributed by atoms with van der Waals surface area (Å²) >= 11 is 0. The predicted octanol–water partition coefficient (Wildman–Crippen LogP) is 1.87. The molecule has 0 radical (unpaired) electrons. The Morgan fingerprint density at radius 3 is 2.60 bits per heavy atom. The molecule has 20 heavy (non-hydrogen) atoms. The smallest absolute Gasteiger partial charge is 0.244 e. The highest BCUT2D eigenvalue weighted by Crippen LogP contribution is 2.37. The quantitative estimate of drug-likeness (QED) is 0.815. The summed E-state index contributed by atoms with van der Waals surface area (Å²) in [5, 5.41) is 3.62. The largest absolute Gasteiger partial charge is 0.325 e. The zero-order valence-electron chi connectivity index (χ0n) is 13.0. The fourth-order valence-corrected chi connectivity index (χ4v) is 4.14. The van der Waals surface area contributed by atoms with Gasteiger partial charge in [0, 0.05) is 28.9 Å². The third-order valence-electron chi connectivity index (χ3n) is 4.52. The number of nitrogens with zero attached hydrogens (tertiary/aromatic N) is 1. The third kappa shape index (κ3) is 3.25. The van der Waals surface area contributed by atoms with Crippen molar-refractivity contribution in [2.24, 2.45) is 5.92 Å². The van der Waals surface area contributed by atoms with Crippen LogP contribution in [-0.2, 0) is 15.6 Å². The van der Waals surface area contributed by atoms with Crippen molar-refractivity contribution < 1.29 is 9.00 Å². The molecule has 0 aromatic rings. The maximum atomic E-state index is 12.8. The Balaban J connectivity index is 2.07. The number of nitrogens with one attached hydrogen (secondary N) is 1. The van der Waals surface area contributed by atoms with Crippen molar-refractivity contribution in [3.05, 3.63) is 0 Å². The summed E-state index contributed by atoms with van der Waals surface area (Å²) in [7, 11) is -0.800. The van der Waals surface area contributed by atoms with Crippen molar-refractivity contribution in [3.8, 4) is 0 Å². The minimum Gasteiger partial charge on any atom is -0.325 e. The van der Waals surface area contributed by atoms with Crippen LogP contribution in [0.4, 0.5) is 0 Å². The van der Waals surface area contributed by atoms with Gasteiger partial charge in [-0.3, -0.25) is 14.3 Å². The van der Waals surface area contributed by atoms with Gasteiger partial charge in [-0.2, -0.15) is 0 Å². The van der Waals surface area contributed by atoms with Crippen LogP contribution in [0.25, 0.3) is 0 Å². The van der Waals surface area contributed by atoms with Gasteiger partial charge in [-0.15, -0.1) is 0 Å². The fraction of sp³-hybridized carbons (Fsp3) is 0.933. The summed E-state index contributed by atoms with van der Waals surface area (Å²) in [6.45, 7) is 6.94. The van der Waals surface area contributed by atoms with E-state index in [2.05, 4.69) is 19.2 Å². The van der Waals surface area contributed by atoms with Crippen LogP contribution in [0.1, 0.15) is 52.9 Å². The van der Waals surface area contributed by atoms with Crippen LogP contribution < -0.4 is 5.32 Å². The Morgan fingerprint density at radius 1 is 1.40 bits per heavy atom. The van der Waals surface area contributed by atoms with E-state index in [1.54, 1.807) is 0 Å². The second-order valence-corrected chi connectivity index (χ2v) is 8.38. The SMILES string of the molecule is CCS(=O)CCN1C(=O)C2(CCCC2)NC1CC(C)C. The summed E-state index contributed by atoms with van der Waals surface area (Å²) in [6, 6.07) is 0. The van der Waals surface area contributed by atoms with Crippen molar-refractivity contribution >= 4 is 16.7 Å². The average Bonchev–Trinajstić information content (AvgIpc) is 2.95. The lowest BCUT2D eigenvalue weighted by Gasteiger charge is -2.25. The Bertz CT molecular complexity index is 378. The second-order valence-electron chi connectivity index (χ2n) is 6.51. The molecule has 1 aliphatic carbocycles. The molecule has 1 aliphatic heterocycles. The van der Waals surface area contributed by atoms with Gasteiger partial charge >= 0.3 is 0 Å². The zero-order valence-corrected chi connectivity index (χ0v) is 13.8. The van der Waals surface area contributed by atoms with Gasteiger partial charge in [-0.25, -0.2) is 0 Å². The number of carbonyl (C=O) groups excluding carboxylic acids is 1. The standard InChI is InChI=1S/C15H28N2O2S/c1-4-20(19)10-9-17-13(11-12(2)3)16-15(14(17)18)7-5-6-8-15/h12-13,16H,4-11H2,1-3H3. The van der Waals surface area contributed by atoms with Crippen LogP contribution >= 0.6 is 0 Å². The molecule has 2 rings (SSSR count). The molecule has 1 saturated heterocycles. The molecule has 0 aromatic heterocycles. The van der Waals surface area contributed by atoms with Crippen molar-refractivity contribution in [1.82, 2.24) is 10.2 Å². The Kier molecular flexibility index (Phi) is 5.24. The van der Waals surface area contributed by atoms with E-state index < -0.39 is 10.8 Å². The van der Waals surface area contributed by atoms with E-state index >= 15 is 0 Å². The first-order valence-electron chi connectivity index (χ1n) is 7.92. The molecule has 1 spiro atoms. The van der Waals surface area contributed by atoms with Crippen LogP contribution in [-0.4, -0.2) is 44.8 Å². The van der Waals surface area contributed by atoms with E-state index in [1.807, 2.05) is 11.8 Å². The highest BCUT2D eigenvalue weighted by atomic mass is 32.2. The molecular formula is C15H28N2O2S. The molecule has 5 heteroatoms. The van der Waals surface area contributed by atoms with Crippen LogP contribution in [0, 0.1) is 5.92 Å². The van der Waals surface area contributed by atoms with E-state index in [0.29, 0.717) is 24.0 Å². The number of hydrogen-bond donors (Lipinski definition) is 1. The molecule has 4 nitrogen and oxygen atoms in total. The molecule has 1 heterocycles. The molecule has 0 bridgehead atoms. The van der Waals surface area contributed by atoms with Crippen molar-refractivity contribution in [3.63, 3.8) is 0 Å². The summed E-state index contributed by atoms with van der Waals surface area (Å²) in [4.78, 5) is 14.8. The molecule has 2 unspecified atom stereocenters. The molecule has 1 N–H and O–H groups in total. The topological polar surface area (TPSA) is 49.4 Å². The van der Waals surface area contributed by atoms with E-state index in [0.717, 1.165) is 32.1 Å². The van der Waals surface area contributed by atoms with Gasteiger partial charge < -0.3 is 4.90 Å². The highest BCUT2D eigenvalue weighted by molar-refractivity contribution is 7.84. The van der Waals surface area contributed by atoms with Crippen molar-refractivity contribution in [2.75, 3.05) is 18.1 Å². The lowest BCUT2D eigenvalue weighted by atomic mass is 9.98. The Labute approximate surface area is 125 Å². The molecule has 0 aromatic carbocycles. The van der Waals surface area contributed by atoms with E-state index in [1.165, 1.54) is 0 Å². The van der Waals surface area contributed by atoms with E-state index in [9.17, 15) is 9.00 Å². The highest BCUT2D eigenvalue weighted by Gasteiger charge is 2.51. The van der Waals surface area contributed by atoms with Gasteiger partial charge in [-0.1, -0.05) is 33.6 Å². The van der Waals surface area contributed by atoms with Gasteiger partial charge in [0.15, 0.2) is 0 Å². The van der Waals surface area contributed by atoms with E-state index in [4.69, 9.17) is 0 Å². The summed E-state index contributed by atoms with van der Waals surface area (Å²) in [5.41, 5.74) is -0.298. The van der Waals surface area contributed by atoms with Crippen LogP contribution in [0.3, 0.4) is 0 Å². The van der Waals surface area contributed by atoms with Gasteiger partial charge in [-0.05, 0) is 25.2 Å². The molecule has 1 saturated carbocycles. The van der Waals surface area contributed by atoms with Crippen molar-refractivity contribution in [1.29, 1.82) is 0 Å². The monoisotopic (exact) mass is 300 g/mol. The summed E-state index contributed by atoms with van der Waals surface area (Å²) < 4.78 is 11.7. The van der Waals surface area contributed by atoms with Crippen LogP contribution in [0.5, 0.6) is 0 Å². The predicted molar refractivity (Wildman–Crippen MR) is 82.8 cm³/mol. The first-order valence-corrected chi connectivity index (χ1v) is 9.41. The number of hydrogen-bond acceptors (Lipinski definition) is 3. The second kappa shape index (κ2) is 6.56. The summed E-state index contributed by atoms with van der Waals surface area (Å²) in [5.74, 6) is 2.09. The normalized spacial score (nSPS) is 26.9. The number of carbonyl (C=O) groups is 1. The first kappa shape index (κ1) is 16.0. The van der Waals surface area contributed by atoms with Crippen LogP contribution in [0.15, 0.2) is 0 Å². The van der Waals surface area contributed by atoms with Gasteiger partial charge in [0.25, 0.3) is 0 Å². The molecule has 2 atom stereocenters. The molecule has 2 aliphatic rings. The number of rotatable bonds is 6.